The zero-order valence-electron chi connectivity index (χ0n) is 34.0. The molecular weight excluding hydrogens is 705 g/mol. The predicted molar refractivity (Wildman–Crippen MR) is 239 cm³/mol. The van der Waals surface area contributed by atoms with Crippen molar-refractivity contribution in [3.05, 3.63) is 203 Å². The SMILES string of the molecule is CC1(C)c2ccccc2N(c2ccccc2)c2ccc(-c3ccc4c(c3)C(C)(C)c3cc(-c5nc(-c6ccccc6)nc(-c6ccccc6)n5)ccc3C4(C)C)cc21. The summed E-state index contributed by atoms with van der Waals surface area (Å²) < 4.78 is 0. The first-order chi connectivity index (χ1) is 28.0. The molecule has 282 valence electrons. The van der Waals surface area contributed by atoms with Crippen LogP contribution in [0.5, 0.6) is 0 Å². The maximum atomic E-state index is 5.09. The molecule has 0 spiro atoms. The highest BCUT2D eigenvalue weighted by molar-refractivity contribution is 5.87. The van der Waals surface area contributed by atoms with Crippen molar-refractivity contribution < 1.29 is 0 Å². The van der Waals surface area contributed by atoms with E-state index in [1.54, 1.807) is 0 Å². The molecule has 4 heteroatoms. The topological polar surface area (TPSA) is 41.9 Å². The number of rotatable bonds is 5. The van der Waals surface area contributed by atoms with E-state index in [0.717, 1.165) is 16.7 Å². The third-order valence-electron chi connectivity index (χ3n) is 12.8. The quantitative estimate of drug-likeness (QED) is 0.176. The highest BCUT2D eigenvalue weighted by Crippen LogP contribution is 2.54. The molecule has 7 aromatic carbocycles. The first kappa shape index (κ1) is 35.7. The molecule has 0 bridgehead atoms. The summed E-state index contributed by atoms with van der Waals surface area (Å²) in [7, 11) is 0. The van der Waals surface area contributed by atoms with Crippen molar-refractivity contribution in [1.29, 1.82) is 0 Å². The Balaban J connectivity index is 1.09. The Hall–Kier alpha value is -6.65. The molecule has 0 amide bonds. The van der Waals surface area contributed by atoms with Crippen LogP contribution in [0.2, 0.25) is 0 Å². The van der Waals surface area contributed by atoms with Crippen molar-refractivity contribution in [2.24, 2.45) is 0 Å². The van der Waals surface area contributed by atoms with Crippen LogP contribution in [0.15, 0.2) is 170 Å². The summed E-state index contributed by atoms with van der Waals surface area (Å²) in [5, 5.41) is 0. The van der Waals surface area contributed by atoms with Gasteiger partial charge in [0.1, 0.15) is 0 Å². The van der Waals surface area contributed by atoms with Crippen LogP contribution in [-0.2, 0) is 16.2 Å². The Kier molecular flexibility index (Phi) is 8.14. The van der Waals surface area contributed by atoms with E-state index in [9.17, 15) is 0 Å². The van der Waals surface area contributed by atoms with Crippen molar-refractivity contribution in [3.8, 4) is 45.3 Å². The average Bonchev–Trinajstić information content (AvgIpc) is 3.26. The summed E-state index contributed by atoms with van der Waals surface area (Å²) in [4.78, 5) is 17.6. The molecule has 2 aliphatic rings. The maximum absolute atomic E-state index is 5.09. The summed E-state index contributed by atoms with van der Waals surface area (Å²) in [6.45, 7) is 14.2. The minimum atomic E-state index is -0.291. The van der Waals surface area contributed by atoms with Gasteiger partial charge in [-0.3, -0.25) is 0 Å². The minimum Gasteiger partial charge on any atom is -0.310 e. The van der Waals surface area contributed by atoms with Crippen molar-refractivity contribution >= 4 is 17.1 Å². The van der Waals surface area contributed by atoms with Gasteiger partial charge < -0.3 is 4.90 Å². The van der Waals surface area contributed by atoms with E-state index in [-0.39, 0.29) is 16.2 Å². The molecule has 0 radical (unpaired) electrons. The first-order valence-electron chi connectivity index (χ1n) is 20.3. The highest BCUT2D eigenvalue weighted by Gasteiger charge is 2.42. The Morgan fingerprint density at radius 2 is 0.707 bits per heavy atom. The molecule has 1 aliphatic carbocycles. The lowest BCUT2D eigenvalue weighted by molar-refractivity contribution is 0.521. The molecule has 0 saturated heterocycles. The van der Waals surface area contributed by atoms with Gasteiger partial charge in [0.15, 0.2) is 17.5 Å². The van der Waals surface area contributed by atoms with Crippen LogP contribution in [-0.4, -0.2) is 15.0 Å². The third-order valence-corrected chi connectivity index (χ3v) is 12.8. The van der Waals surface area contributed by atoms with Crippen LogP contribution >= 0.6 is 0 Å². The Bertz CT molecular complexity index is 2800. The predicted octanol–water partition coefficient (Wildman–Crippen LogP) is 13.6. The number of hydrogen-bond acceptors (Lipinski definition) is 4. The summed E-state index contributed by atoms with van der Waals surface area (Å²) in [6, 6.07) is 61.0. The zero-order chi connectivity index (χ0) is 39.8. The van der Waals surface area contributed by atoms with Gasteiger partial charge in [0.2, 0.25) is 0 Å². The van der Waals surface area contributed by atoms with Gasteiger partial charge in [-0.15, -0.1) is 0 Å². The second kappa shape index (κ2) is 13.2. The molecule has 0 atom stereocenters. The van der Waals surface area contributed by atoms with Crippen LogP contribution in [0.1, 0.15) is 74.9 Å². The largest absolute Gasteiger partial charge is 0.310 e. The summed E-state index contributed by atoms with van der Waals surface area (Å²) in [5.41, 5.74) is 16.3. The standard InChI is InChI=1S/C54H46N4/c1-52(2)41-29-26-37(38-28-31-48-46(33-38)53(3,4)43-24-16-17-25-47(43)58(48)40-22-14-9-15-23-40)32-44(41)54(5,6)45-34-39(27-30-42(45)52)51-56-49(35-18-10-7-11-19-35)55-50(57-51)36-20-12-8-13-21-36/h7-34H,1-6H3. The molecule has 10 rings (SSSR count). The third kappa shape index (κ3) is 5.61. The van der Waals surface area contributed by atoms with Crippen LogP contribution < -0.4 is 4.90 Å². The van der Waals surface area contributed by atoms with Crippen LogP contribution in [0.3, 0.4) is 0 Å². The van der Waals surface area contributed by atoms with Crippen LogP contribution in [0.25, 0.3) is 45.3 Å². The number of anilines is 3. The first-order valence-corrected chi connectivity index (χ1v) is 20.3. The van der Waals surface area contributed by atoms with Gasteiger partial charge in [0.25, 0.3) is 0 Å². The second-order valence-electron chi connectivity index (χ2n) is 17.4. The van der Waals surface area contributed by atoms with Gasteiger partial charge in [-0.25, -0.2) is 15.0 Å². The van der Waals surface area contributed by atoms with Crippen molar-refractivity contribution in [2.45, 2.75) is 57.8 Å². The van der Waals surface area contributed by atoms with Gasteiger partial charge in [0.05, 0.1) is 11.4 Å². The molecule has 8 aromatic rings. The fourth-order valence-electron chi connectivity index (χ4n) is 9.50. The number of benzene rings is 7. The molecule has 1 aromatic heterocycles. The monoisotopic (exact) mass is 750 g/mol. The smallest absolute Gasteiger partial charge is 0.164 e. The molecule has 1 aliphatic heterocycles. The van der Waals surface area contributed by atoms with E-state index < -0.39 is 0 Å². The normalized spacial score (nSPS) is 15.4. The van der Waals surface area contributed by atoms with Gasteiger partial charge in [-0.1, -0.05) is 169 Å². The van der Waals surface area contributed by atoms with Crippen LogP contribution in [0.4, 0.5) is 17.1 Å². The number of para-hydroxylation sites is 2. The second-order valence-corrected chi connectivity index (χ2v) is 17.4. The molecule has 4 nitrogen and oxygen atoms in total. The number of hydrogen-bond donors (Lipinski definition) is 0. The van der Waals surface area contributed by atoms with Crippen LogP contribution in [0, 0.1) is 0 Å². The van der Waals surface area contributed by atoms with E-state index in [0.29, 0.717) is 17.5 Å². The van der Waals surface area contributed by atoms with Gasteiger partial charge in [0, 0.05) is 38.6 Å². The van der Waals surface area contributed by atoms with Crippen molar-refractivity contribution in [2.75, 3.05) is 4.90 Å². The van der Waals surface area contributed by atoms with E-state index >= 15 is 0 Å². The summed E-state index contributed by atoms with van der Waals surface area (Å²) in [5.74, 6) is 2.01. The minimum absolute atomic E-state index is 0.187. The molecule has 0 saturated carbocycles. The van der Waals surface area contributed by atoms with E-state index in [1.165, 1.54) is 61.6 Å². The Morgan fingerprint density at radius 1 is 0.310 bits per heavy atom. The number of nitrogens with zero attached hydrogens (tertiary/aromatic N) is 4. The molecule has 58 heavy (non-hydrogen) atoms. The van der Waals surface area contributed by atoms with Crippen molar-refractivity contribution in [1.82, 2.24) is 15.0 Å². The number of aromatic nitrogens is 3. The lowest BCUT2D eigenvalue weighted by atomic mass is 9.59. The van der Waals surface area contributed by atoms with Gasteiger partial charge in [-0.2, -0.15) is 0 Å². The highest BCUT2D eigenvalue weighted by atomic mass is 15.2. The van der Waals surface area contributed by atoms with E-state index in [4.69, 9.17) is 15.0 Å². The van der Waals surface area contributed by atoms with Gasteiger partial charge in [-0.05, 0) is 87.0 Å². The summed E-state index contributed by atoms with van der Waals surface area (Å²) in [6.07, 6.45) is 0. The fourth-order valence-corrected chi connectivity index (χ4v) is 9.50. The average molecular weight is 751 g/mol. The molecule has 0 fully saturated rings. The zero-order valence-corrected chi connectivity index (χ0v) is 34.0. The molecule has 0 N–H and O–H groups in total. The molecule has 0 unspecified atom stereocenters. The van der Waals surface area contributed by atoms with Crippen molar-refractivity contribution in [3.63, 3.8) is 0 Å². The molecule has 2 heterocycles. The van der Waals surface area contributed by atoms with E-state index in [2.05, 4.69) is 180 Å². The number of fused-ring (bicyclic) bond motifs is 4. The lowest BCUT2D eigenvalue weighted by Gasteiger charge is -2.44. The fraction of sp³-hybridized carbons (Fsp3) is 0.167. The lowest BCUT2D eigenvalue weighted by Crippen LogP contribution is -2.36. The molecular formula is C54H46N4. The Labute approximate surface area is 342 Å². The maximum Gasteiger partial charge on any atom is 0.164 e. The Morgan fingerprint density at radius 3 is 1.29 bits per heavy atom. The van der Waals surface area contributed by atoms with E-state index in [1.807, 2.05) is 36.4 Å². The summed E-state index contributed by atoms with van der Waals surface area (Å²) >= 11 is 0. The van der Waals surface area contributed by atoms with Gasteiger partial charge >= 0.3 is 0 Å².